The molecule has 0 saturated heterocycles. The topological polar surface area (TPSA) is 121 Å². The SMILES string of the molecule is O=C([O-])CN1C(=O)c2ccc([N+](=O)[O-])cc2C1=O.[Li+]. The maximum atomic E-state index is 11.7. The second kappa shape index (κ2) is 5.22. The van der Waals surface area contributed by atoms with E-state index < -0.39 is 29.3 Å². The molecule has 1 aliphatic rings. The first-order valence-corrected chi connectivity index (χ1v) is 4.76. The van der Waals surface area contributed by atoms with Crippen molar-refractivity contribution >= 4 is 23.5 Å². The number of carboxylic acid groups (broad SMARTS) is 1. The molecule has 0 unspecified atom stereocenters. The maximum Gasteiger partial charge on any atom is 1.00 e. The van der Waals surface area contributed by atoms with Gasteiger partial charge in [-0.25, -0.2) is 0 Å². The molecule has 0 aliphatic carbocycles. The molecule has 1 heterocycles. The molecule has 8 nitrogen and oxygen atoms in total. The summed E-state index contributed by atoms with van der Waals surface area (Å²) in [4.78, 5) is 44.1. The van der Waals surface area contributed by atoms with Gasteiger partial charge in [0.15, 0.2) is 0 Å². The Hall–Kier alpha value is -2.17. The van der Waals surface area contributed by atoms with Crippen LogP contribution in [0.2, 0.25) is 0 Å². The van der Waals surface area contributed by atoms with E-state index in [1.807, 2.05) is 0 Å². The number of nitro groups is 1. The number of fused-ring (bicyclic) bond motifs is 1. The molecule has 0 fully saturated rings. The minimum atomic E-state index is -1.58. The monoisotopic (exact) mass is 256 g/mol. The Balaban J connectivity index is 0.00000180. The number of hydrogen-bond donors (Lipinski definition) is 0. The van der Waals surface area contributed by atoms with E-state index in [9.17, 15) is 29.6 Å². The molecule has 0 atom stereocenters. The molecule has 1 aromatic rings. The molecule has 0 radical (unpaired) electrons. The van der Waals surface area contributed by atoms with E-state index in [-0.39, 0.29) is 35.7 Å². The zero-order chi connectivity index (χ0) is 13.4. The van der Waals surface area contributed by atoms with Crippen LogP contribution in [-0.4, -0.2) is 34.2 Å². The van der Waals surface area contributed by atoms with E-state index in [1.54, 1.807) is 0 Å². The van der Waals surface area contributed by atoms with Crippen molar-refractivity contribution < 1.29 is 43.3 Å². The number of carbonyl (C=O) groups is 3. The summed E-state index contributed by atoms with van der Waals surface area (Å²) in [5, 5.41) is 20.9. The van der Waals surface area contributed by atoms with Crippen LogP contribution in [0.5, 0.6) is 0 Å². The normalized spacial score (nSPS) is 12.9. The zero-order valence-corrected chi connectivity index (χ0v) is 9.78. The van der Waals surface area contributed by atoms with Crippen molar-refractivity contribution in [2.45, 2.75) is 0 Å². The fourth-order valence-corrected chi connectivity index (χ4v) is 1.66. The number of carboxylic acids is 1. The Bertz CT molecular complexity index is 600. The molecule has 0 bridgehead atoms. The summed E-state index contributed by atoms with van der Waals surface area (Å²) in [6.45, 7) is -0.875. The van der Waals surface area contributed by atoms with Gasteiger partial charge in [0.25, 0.3) is 17.5 Å². The van der Waals surface area contributed by atoms with Crippen molar-refractivity contribution in [3.8, 4) is 0 Å². The molecule has 92 valence electrons. The van der Waals surface area contributed by atoms with E-state index in [4.69, 9.17) is 0 Å². The van der Waals surface area contributed by atoms with E-state index in [0.717, 1.165) is 18.2 Å². The van der Waals surface area contributed by atoms with Gasteiger partial charge in [-0.3, -0.25) is 24.6 Å². The van der Waals surface area contributed by atoms with E-state index >= 15 is 0 Å². The summed E-state index contributed by atoms with van der Waals surface area (Å²) in [5.74, 6) is -3.25. The number of imide groups is 1. The number of hydrogen-bond acceptors (Lipinski definition) is 6. The smallest absolute Gasteiger partial charge is 0.548 e. The van der Waals surface area contributed by atoms with Gasteiger partial charge in [-0.15, -0.1) is 0 Å². The third kappa shape index (κ3) is 2.49. The van der Waals surface area contributed by atoms with Crippen LogP contribution in [0, 0.1) is 10.1 Å². The summed E-state index contributed by atoms with van der Waals surface area (Å²) in [5.41, 5.74) is -0.562. The van der Waals surface area contributed by atoms with Gasteiger partial charge in [-0.05, 0) is 6.07 Å². The fourth-order valence-electron chi connectivity index (χ4n) is 1.66. The van der Waals surface area contributed by atoms with Gasteiger partial charge in [0.2, 0.25) is 0 Å². The van der Waals surface area contributed by atoms with Gasteiger partial charge < -0.3 is 9.90 Å². The second-order valence-electron chi connectivity index (χ2n) is 3.56. The third-order valence-electron chi connectivity index (χ3n) is 2.45. The number of nitrogens with zero attached hydrogens (tertiary/aromatic N) is 2. The summed E-state index contributed by atoms with van der Waals surface area (Å²) in [6.07, 6.45) is 0. The third-order valence-corrected chi connectivity index (χ3v) is 2.45. The predicted octanol–water partition coefficient (Wildman–Crippen LogP) is -4.06. The Morgan fingerprint density at radius 3 is 2.32 bits per heavy atom. The molecule has 0 N–H and O–H groups in total. The number of carbonyl (C=O) groups excluding carboxylic acids is 3. The number of benzene rings is 1. The zero-order valence-electron chi connectivity index (χ0n) is 9.78. The maximum absolute atomic E-state index is 11.7. The quantitative estimate of drug-likeness (QED) is 0.235. The Kier molecular flexibility index (Phi) is 4.09. The summed E-state index contributed by atoms with van der Waals surface area (Å²) in [7, 11) is 0. The first kappa shape index (κ1) is 14.9. The van der Waals surface area contributed by atoms with Gasteiger partial charge in [-0.2, -0.15) is 0 Å². The van der Waals surface area contributed by atoms with Crippen LogP contribution in [0.4, 0.5) is 5.69 Å². The molecule has 1 aromatic carbocycles. The van der Waals surface area contributed by atoms with Gasteiger partial charge >= 0.3 is 18.9 Å². The van der Waals surface area contributed by atoms with Crippen molar-refractivity contribution in [1.82, 2.24) is 4.90 Å². The van der Waals surface area contributed by atoms with Gasteiger partial charge in [-0.1, -0.05) is 0 Å². The molecule has 0 aromatic heterocycles. The van der Waals surface area contributed by atoms with Gasteiger partial charge in [0.05, 0.1) is 28.6 Å². The van der Waals surface area contributed by atoms with Crippen LogP contribution in [0.1, 0.15) is 20.7 Å². The largest absolute Gasteiger partial charge is 1.00 e. The minimum absolute atomic E-state index is 0. The number of aliphatic carboxylic acids is 1. The van der Waals surface area contributed by atoms with Gasteiger partial charge in [0.1, 0.15) is 0 Å². The standard InChI is InChI=1S/C10H6N2O6.Li/c13-8(14)4-11-9(15)6-2-1-5(12(17)18)3-7(6)10(11)16;/h1-3H,4H2,(H,13,14);/q;+1/p-1. The Morgan fingerprint density at radius 1 is 1.21 bits per heavy atom. The van der Waals surface area contributed by atoms with Crippen molar-refractivity contribution in [3.63, 3.8) is 0 Å². The average Bonchev–Trinajstić information content (AvgIpc) is 2.53. The Morgan fingerprint density at radius 2 is 1.79 bits per heavy atom. The molecule has 1 aliphatic heterocycles. The Labute approximate surface area is 118 Å². The summed E-state index contributed by atoms with van der Waals surface area (Å²) in [6, 6.07) is 3.15. The number of amides is 2. The molecular formula is C10H5LiN2O6. The molecule has 9 heteroatoms. The van der Waals surface area contributed by atoms with Gasteiger partial charge in [0, 0.05) is 12.1 Å². The van der Waals surface area contributed by atoms with Crippen molar-refractivity contribution in [3.05, 3.63) is 39.4 Å². The van der Waals surface area contributed by atoms with Crippen LogP contribution in [-0.2, 0) is 4.79 Å². The molecule has 2 rings (SSSR count). The van der Waals surface area contributed by atoms with E-state index in [1.165, 1.54) is 0 Å². The van der Waals surface area contributed by atoms with Crippen molar-refractivity contribution in [1.29, 1.82) is 0 Å². The van der Waals surface area contributed by atoms with Crippen LogP contribution in [0.3, 0.4) is 0 Å². The number of rotatable bonds is 3. The van der Waals surface area contributed by atoms with E-state index in [0.29, 0.717) is 4.90 Å². The molecular weight excluding hydrogens is 251 g/mol. The van der Waals surface area contributed by atoms with Crippen molar-refractivity contribution in [2.24, 2.45) is 0 Å². The average molecular weight is 256 g/mol. The predicted molar refractivity (Wildman–Crippen MR) is 53.5 cm³/mol. The molecule has 0 saturated carbocycles. The first-order valence-electron chi connectivity index (χ1n) is 4.76. The molecule has 0 spiro atoms. The second-order valence-corrected chi connectivity index (χ2v) is 3.56. The first-order chi connectivity index (χ1) is 8.41. The number of nitro benzene ring substituents is 1. The molecule has 2 amide bonds. The summed E-state index contributed by atoms with van der Waals surface area (Å²) >= 11 is 0. The van der Waals surface area contributed by atoms with Crippen LogP contribution in [0.15, 0.2) is 18.2 Å². The van der Waals surface area contributed by atoms with Crippen molar-refractivity contribution in [2.75, 3.05) is 6.54 Å². The fraction of sp³-hybridized carbons (Fsp3) is 0.100. The van der Waals surface area contributed by atoms with Crippen LogP contribution < -0.4 is 24.0 Å². The van der Waals surface area contributed by atoms with Crippen LogP contribution in [0.25, 0.3) is 0 Å². The molecule has 19 heavy (non-hydrogen) atoms. The minimum Gasteiger partial charge on any atom is -0.548 e. The van der Waals surface area contributed by atoms with E-state index in [2.05, 4.69) is 0 Å². The number of non-ortho nitro benzene ring substituents is 1. The summed E-state index contributed by atoms with van der Waals surface area (Å²) < 4.78 is 0. The van der Waals surface area contributed by atoms with Crippen LogP contribution >= 0.6 is 0 Å².